The minimum atomic E-state index is -0.0850. The molecule has 17 heavy (non-hydrogen) atoms. The minimum absolute atomic E-state index is 0.0850. The molecule has 0 bridgehead atoms. The average Bonchev–Trinajstić information content (AvgIpc) is 2.32. The summed E-state index contributed by atoms with van der Waals surface area (Å²) < 4.78 is 0.764. The Morgan fingerprint density at radius 2 is 2.06 bits per heavy atom. The van der Waals surface area contributed by atoms with Crippen molar-refractivity contribution in [3.63, 3.8) is 0 Å². The predicted octanol–water partition coefficient (Wildman–Crippen LogP) is 4.40. The van der Waals surface area contributed by atoms with Crippen molar-refractivity contribution in [1.29, 1.82) is 0 Å². The van der Waals surface area contributed by atoms with Gasteiger partial charge in [0.2, 0.25) is 0 Å². The first-order valence-corrected chi connectivity index (χ1v) is 7.73. The zero-order chi connectivity index (χ0) is 12.7. The zero-order valence-corrected chi connectivity index (χ0v) is 13.2. The van der Waals surface area contributed by atoms with Crippen molar-refractivity contribution in [2.75, 3.05) is 11.9 Å². The van der Waals surface area contributed by atoms with E-state index in [4.69, 9.17) is 11.6 Å². The predicted molar refractivity (Wildman–Crippen MR) is 79.1 cm³/mol. The van der Waals surface area contributed by atoms with Gasteiger partial charge in [-0.05, 0) is 47.0 Å². The summed E-state index contributed by atoms with van der Waals surface area (Å²) in [6.45, 7) is 0.699. The highest BCUT2D eigenvalue weighted by molar-refractivity contribution is 9.10. The SMILES string of the molecule is O=C(NCCCCCBr)c1cc(Cl)ccc1Br. The molecule has 0 aliphatic rings. The highest BCUT2D eigenvalue weighted by Gasteiger charge is 2.09. The third kappa shape index (κ3) is 5.40. The molecule has 0 saturated heterocycles. The largest absolute Gasteiger partial charge is 0.352 e. The molecule has 5 heteroatoms. The van der Waals surface area contributed by atoms with Gasteiger partial charge < -0.3 is 5.32 Å². The number of carbonyl (C=O) groups excluding carboxylic acids is 1. The molecule has 1 amide bonds. The molecule has 0 atom stereocenters. The number of alkyl halides is 1. The van der Waals surface area contributed by atoms with E-state index in [-0.39, 0.29) is 5.91 Å². The van der Waals surface area contributed by atoms with Gasteiger partial charge in [0.05, 0.1) is 5.56 Å². The van der Waals surface area contributed by atoms with Gasteiger partial charge in [0.25, 0.3) is 5.91 Å². The molecule has 0 radical (unpaired) electrons. The quantitative estimate of drug-likeness (QED) is 0.573. The van der Waals surface area contributed by atoms with Crippen LogP contribution in [-0.2, 0) is 0 Å². The maximum Gasteiger partial charge on any atom is 0.252 e. The van der Waals surface area contributed by atoms with E-state index in [1.165, 1.54) is 0 Å². The van der Waals surface area contributed by atoms with Crippen LogP contribution in [0.4, 0.5) is 0 Å². The van der Waals surface area contributed by atoms with Gasteiger partial charge in [-0.15, -0.1) is 0 Å². The number of halogens is 3. The molecular weight excluding hydrogens is 369 g/mol. The molecule has 94 valence electrons. The molecule has 2 nitrogen and oxygen atoms in total. The Bertz CT molecular complexity index is 385. The van der Waals surface area contributed by atoms with Gasteiger partial charge in [-0.25, -0.2) is 0 Å². The maximum absolute atomic E-state index is 11.8. The van der Waals surface area contributed by atoms with E-state index in [1.54, 1.807) is 18.2 Å². The molecule has 0 spiro atoms. The van der Waals surface area contributed by atoms with Crippen molar-refractivity contribution in [1.82, 2.24) is 5.32 Å². The topological polar surface area (TPSA) is 29.1 Å². The number of benzene rings is 1. The zero-order valence-electron chi connectivity index (χ0n) is 9.31. The number of unbranched alkanes of at least 4 members (excludes halogenated alkanes) is 2. The van der Waals surface area contributed by atoms with Crippen molar-refractivity contribution in [3.05, 3.63) is 33.3 Å². The van der Waals surface area contributed by atoms with Crippen molar-refractivity contribution < 1.29 is 4.79 Å². The number of hydrogen-bond donors (Lipinski definition) is 1. The van der Waals surface area contributed by atoms with Gasteiger partial charge in [-0.3, -0.25) is 4.79 Å². The Balaban J connectivity index is 2.44. The van der Waals surface area contributed by atoms with E-state index in [9.17, 15) is 4.79 Å². The van der Waals surface area contributed by atoms with Crippen LogP contribution < -0.4 is 5.32 Å². The summed E-state index contributed by atoms with van der Waals surface area (Å²) in [4.78, 5) is 11.8. The summed E-state index contributed by atoms with van der Waals surface area (Å²) in [6.07, 6.45) is 3.24. The second-order valence-corrected chi connectivity index (χ2v) is 5.71. The van der Waals surface area contributed by atoms with Crippen LogP contribution in [0.1, 0.15) is 29.6 Å². The molecular formula is C12H14Br2ClNO. The molecule has 0 heterocycles. The lowest BCUT2D eigenvalue weighted by atomic mass is 10.2. The fraction of sp³-hybridized carbons (Fsp3) is 0.417. The van der Waals surface area contributed by atoms with E-state index in [2.05, 4.69) is 37.2 Å². The summed E-state index contributed by atoms with van der Waals surface area (Å²) in [5.74, 6) is -0.0850. The van der Waals surface area contributed by atoms with E-state index >= 15 is 0 Å². The Morgan fingerprint density at radius 1 is 1.29 bits per heavy atom. The molecule has 1 N–H and O–H groups in total. The lowest BCUT2D eigenvalue weighted by Gasteiger charge is -2.07. The van der Waals surface area contributed by atoms with Gasteiger partial charge in [-0.1, -0.05) is 34.0 Å². The van der Waals surface area contributed by atoms with Gasteiger partial charge in [-0.2, -0.15) is 0 Å². The van der Waals surface area contributed by atoms with Gasteiger partial charge >= 0.3 is 0 Å². The summed E-state index contributed by atoms with van der Waals surface area (Å²) in [6, 6.07) is 5.19. The van der Waals surface area contributed by atoms with E-state index in [1.807, 2.05) is 0 Å². The number of nitrogens with one attached hydrogen (secondary N) is 1. The maximum atomic E-state index is 11.8. The van der Waals surface area contributed by atoms with E-state index in [0.717, 1.165) is 29.1 Å². The van der Waals surface area contributed by atoms with Crippen LogP contribution in [0.5, 0.6) is 0 Å². The highest BCUT2D eigenvalue weighted by atomic mass is 79.9. The van der Waals surface area contributed by atoms with Crippen molar-refractivity contribution >= 4 is 49.4 Å². The Kier molecular flexibility index (Phi) is 7.16. The molecule has 0 fully saturated rings. The van der Waals surface area contributed by atoms with Gasteiger partial charge in [0.1, 0.15) is 0 Å². The Morgan fingerprint density at radius 3 is 2.76 bits per heavy atom. The molecule has 0 aromatic heterocycles. The smallest absolute Gasteiger partial charge is 0.252 e. The minimum Gasteiger partial charge on any atom is -0.352 e. The van der Waals surface area contributed by atoms with Crippen LogP contribution in [0.25, 0.3) is 0 Å². The average molecular weight is 384 g/mol. The first kappa shape index (κ1) is 15.0. The Hall–Kier alpha value is -0.0600. The molecule has 1 aromatic rings. The normalized spacial score (nSPS) is 10.3. The molecule has 1 aromatic carbocycles. The number of amides is 1. The molecule has 0 aliphatic carbocycles. The number of rotatable bonds is 6. The number of hydrogen-bond acceptors (Lipinski definition) is 1. The van der Waals surface area contributed by atoms with E-state index in [0.29, 0.717) is 17.1 Å². The van der Waals surface area contributed by atoms with Crippen molar-refractivity contribution in [3.8, 4) is 0 Å². The fourth-order valence-corrected chi connectivity index (χ4v) is 2.36. The van der Waals surface area contributed by atoms with Crippen LogP contribution in [0, 0.1) is 0 Å². The van der Waals surface area contributed by atoms with Crippen LogP contribution in [0.15, 0.2) is 22.7 Å². The Labute approximate surface area is 123 Å². The molecule has 0 saturated carbocycles. The van der Waals surface area contributed by atoms with Crippen molar-refractivity contribution in [2.45, 2.75) is 19.3 Å². The summed E-state index contributed by atoms with van der Waals surface area (Å²) in [5, 5.41) is 4.46. The fourth-order valence-electron chi connectivity index (χ4n) is 1.36. The van der Waals surface area contributed by atoms with Gasteiger partial charge in [0.15, 0.2) is 0 Å². The summed E-state index contributed by atoms with van der Waals surface area (Å²) in [5.41, 5.74) is 0.581. The second-order valence-electron chi connectivity index (χ2n) is 3.63. The summed E-state index contributed by atoms with van der Waals surface area (Å²) >= 11 is 12.6. The molecule has 0 unspecified atom stereocenters. The first-order chi connectivity index (χ1) is 8.15. The van der Waals surface area contributed by atoms with Crippen LogP contribution >= 0.6 is 43.5 Å². The highest BCUT2D eigenvalue weighted by Crippen LogP contribution is 2.20. The van der Waals surface area contributed by atoms with Gasteiger partial charge in [0, 0.05) is 21.4 Å². The van der Waals surface area contributed by atoms with Crippen LogP contribution in [0.2, 0.25) is 5.02 Å². The lowest BCUT2D eigenvalue weighted by molar-refractivity contribution is 0.0952. The second kappa shape index (κ2) is 8.11. The first-order valence-electron chi connectivity index (χ1n) is 5.44. The summed E-state index contributed by atoms with van der Waals surface area (Å²) in [7, 11) is 0. The van der Waals surface area contributed by atoms with Crippen LogP contribution in [-0.4, -0.2) is 17.8 Å². The number of carbonyl (C=O) groups is 1. The standard InChI is InChI=1S/C12H14Br2ClNO/c13-6-2-1-3-7-16-12(17)10-8-9(15)4-5-11(10)14/h4-5,8H,1-3,6-7H2,(H,16,17). The van der Waals surface area contributed by atoms with Crippen molar-refractivity contribution in [2.24, 2.45) is 0 Å². The molecule has 0 aliphatic heterocycles. The van der Waals surface area contributed by atoms with Crippen LogP contribution in [0.3, 0.4) is 0 Å². The monoisotopic (exact) mass is 381 g/mol. The third-order valence-electron chi connectivity index (χ3n) is 2.27. The third-order valence-corrected chi connectivity index (χ3v) is 3.76. The molecule has 1 rings (SSSR count). The van der Waals surface area contributed by atoms with E-state index < -0.39 is 0 Å². The lowest BCUT2D eigenvalue weighted by Crippen LogP contribution is -2.24.